The highest BCUT2D eigenvalue weighted by molar-refractivity contribution is 5.95. The van der Waals surface area contributed by atoms with Crippen molar-refractivity contribution < 1.29 is 23.8 Å². The molecule has 0 saturated carbocycles. The first kappa shape index (κ1) is 21.9. The molecule has 176 valence electrons. The van der Waals surface area contributed by atoms with E-state index in [0.29, 0.717) is 28.9 Å². The van der Waals surface area contributed by atoms with Crippen molar-refractivity contribution in [3.63, 3.8) is 0 Å². The molecule has 1 N–H and O–H groups in total. The molecule has 9 heteroatoms. The SMILES string of the molecule is C[C@H](OC(=O)c1ccc2c(=O)n3c(nc2c1)CCCCC3)C(=O)NCc1ccc2c(c1)OCO2. The maximum atomic E-state index is 12.9. The third-order valence-electron chi connectivity index (χ3n) is 6.11. The van der Waals surface area contributed by atoms with E-state index in [0.717, 1.165) is 37.1 Å². The molecule has 2 aromatic carbocycles. The molecule has 0 fully saturated rings. The second-order valence-electron chi connectivity index (χ2n) is 8.48. The fourth-order valence-electron chi connectivity index (χ4n) is 4.21. The van der Waals surface area contributed by atoms with Crippen molar-refractivity contribution >= 4 is 22.8 Å². The minimum Gasteiger partial charge on any atom is -0.454 e. The monoisotopic (exact) mass is 463 g/mol. The quantitative estimate of drug-likeness (QED) is 0.580. The van der Waals surface area contributed by atoms with Crippen molar-refractivity contribution in [2.24, 2.45) is 0 Å². The average molecular weight is 463 g/mol. The summed E-state index contributed by atoms with van der Waals surface area (Å²) in [6.07, 6.45) is 2.74. The van der Waals surface area contributed by atoms with Gasteiger partial charge in [-0.25, -0.2) is 9.78 Å². The number of hydrogen-bond acceptors (Lipinski definition) is 7. The lowest BCUT2D eigenvalue weighted by atomic mass is 10.1. The van der Waals surface area contributed by atoms with Crippen LogP contribution in [0.1, 0.15) is 47.9 Å². The number of hydrogen-bond donors (Lipinski definition) is 1. The third-order valence-corrected chi connectivity index (χ3v) is 6.11. The van der Waals surface area contributed by atoms with Gasteiger partial charge in [0.15, 0.2) is 17.6 Å². The van der Waals surface area contributed by atoms with E-state index in [1.165, 1.54) is 13.0 Å². The van der Waals surface area contributed by atoms with Gasteiger partial charge in [-0.1, -0.05) is 12.5 Å². The first-order chi connectivity index (χ1) is 16.5. The lowest BCUT2D eigenvalue weighted by Gasteiger charge is -2.14. The van der Waals surface area contributed by atoms with Gasteiger partial charge in [-0.15, -0.1) is 0 Å². The third kappa shape index (κ3) is 4.33. The zero-order chi connectivity index (χ0) is 23.7. The maximum absolute atomic E-state index is 12.9. The van der Waals surface area contributed by atoms with Crippen LogP contribution in [0.15, 0.2) is 41.2 Å². The number of esters is 1. The van der Waals surface area contributed by atoms with Crippen molar-refractivity contribution in [3.8, 4) is 11.5 Å². The maximum Gasteiger partial charge on any atom is 0.338 e. The number of carbonyl (C=O) groups is 2. The molecule has 0 saturated heterocycles. The van der Waals surface area contributed by atoms with Gasteiger partial charge in [-0.3, -0.25) is 14.2 Å². The molecule has 1 atom stereocenters. The summed E-state index contributed by atoms with van der Waals surface area (Å²) >= 11 is 0. The molecule has 9 nitrogen and oxygen atoms in total. The highest BCUT2D eigenvalue weighted by atomic mass is 16.7. The molecule has 2 aliphatic rings. The standard InChI is InChI=1S/C25H25N3O6/c1-15(23(29)26-13-16-6-9-20-21(11-16)33-14-32-20)34-25(31)17-7-8-18-19(12-17)27-22-5-3-2-4-10-28(22)24(18)30/h6-9,11-12,15H,2-5,10,13-14H2,1H3,(H,26,29)/t15-/m0/s1. The molecule has 0 spiro atoms. The van der Waals surface area contributed by atoms with Gasteiger partial charge in [0.1, 0.15) is 5.82 Å². The van der Waals surface area contributed by atoms with E-state index < -0.39 is 18.0 Å². The van der Waals surface area contributed by atoms with Crippen LogP contribution in [0.4, 0.5) is 0 Å². The molecule has 34 heavy (non-hydrogen) atoms. The summed E-state index contributed by atoms with van der Waals surface area (Å²) in [6.45, 7) is 2.62. The summed E-state index contributed by atoms with van der Waals surface area (Å²) in [5.74, 6) is 0.975. The molecular formula is C25H25N3O6. The Balaban J connectivity index is 1.25. The Morgan fingerprint density at radius 1 is 1.12 bits per heavy atom. The first-order valence-corrected chi connectivity index (χ1v) is 11.4. The Labute approximate surface area is 195 Å². The topological polar surface area (TPSA) is 109 Å². The molecule has 2 aliphatic heterocycles. The van der Waals surface area contributed by atoms with Crippen molar-refractivity contribution in [1.29, 1.82) is 0 Å². The second kappa shape index (κ2) is 9.17. The van der Waals surface area contributed by atoms with E-state index in [4.69, 9.17) is 14.2 Å². The molecular weight excluding hydrogens is 438 g/mol. The Bertz CT molecular complexity index is 1330. The molecule has 3 heterocycles. The zero-order valence-corrected chi connectivity index (χ0v) is 18.8. The van der Waals surface area contributed by atoms with E-state index in [1.54, 1.807) is 28.8 Å². The van der Waals surface area contributed by atoms with Gasteiger partial charge >= 0.3 is 5.97 Å². The Morgan fingerprint density at radius 3 is 2.85 bits per heavy atom. The van der Waals surface area contributed by atoms with Gasteiger partial charge in [0.05, 0.1) is 16.5 Å². The number of fused-ring (bicyclic) bond motifs is 3. The lowest BCUT2D eigenvalue weighted by Crippen LogP contribution is -2.35. The van der Waals surface area contributed by atoms with Crippen LogP contribution in [-0.4, -0.2) is 34.3 Å². The summed E-state index contributed by atoms with van der Waals surface area (Å²) in [7, 11) is 0. The van der Waals surface area contributed by atoms with Gasteiger partial charge < -0.3 is 19.5 Å². The van der Waals surface area contributed by atoms with Crippen LogP contribution in [0, 0.1) is 0 Å². The van der Waals surface area contributed by atoms with Gasteiger partial charge in [-0.2, -0.15) is 0 Å². The smallest absolute Gasteiger partial charge is 0.338 e. The van der Waals surface area contributed by atoms with Crippen molar-refractivity contribution in [2.75, 3.05) is 6.79 Å². The molecule has 0 radical (unpaired) electrons. The zero-order valence-electron chi connectivity index (χ0n) is 18.8. The molecule has 3 aromatic rings. The van der Waals surface area contributed by atoms with Crippen LogP contribution in [-0.2, 0) is 29.0 Å². The van der Waals surface area contributed by atoms with Crippen LogP contribution in [0.3, 0.4) is 0 Å². The highest BCUT2D eigenvalue weighted by Gasteiger charge is 2.21. The second-order valence-corrected chi connectivity index (χ2v) is 8.48. The van der Waals surface area contributed by atoms with E-state index >= 15 is 0 Å². The summed E-state index contributed by atoms with van der Waals surface area (Å²) in [4.78, 5) is 42.7. The van der Waals surface area contributed by atoms with E-state index in [2.05, 4.69) is 10.3 Å². The Kier molecular flexibility index (Phi) is 5.91. The minimum atomic E-state index is -0.997. The van der Waals surface area contributed by atoms with E-state index in [1.807, 2.05) is 6.07 Å². The number of ether oxygens (including phenoxy) is 3. The van der Waals surface area contributed by atoms with Crippen LogP contribution in [0.5, 0.6) is 11.5 Å². The van der Waals surface area contributed by atoms with Crippen LogP contribution >= 0.6 is 0 Å². The van der Waals surface area contributed by atoms with Gasteiger partial charge in [-0.05, 0) is 55.7 Å². The number of benzene rings is 2. The molecule has 0 bridgehead atoms. The number of amides is 1. The normalized spacial score (nSPS) is 15.3. The predicted octanol–water partition coefficient (Wildman–Crippen LogP) is 2.71. The van der Waals surface area contributed by atoms with Crippen molar-refractivity contribution in [2.45, 2.75) is 51.8 Å². The summed E-state index contributed by atoms with van der Waals surface area (Å²) in [5, 5.41) is 3.22. The minimum absolute atomic E-state index is 0.0851. The fraction of sp³-hybridized carbons (Fsp3) is 0.360. The fourth-order valence-corrected chi connectivity index (χ4v) is 4.21. The number of carbonyl (C=O) groups excluding carboxylic acids is 2. The van der Waals surface area contributed by atoms with E-state index in [9.17, 15) is 14.4 Å². The van der Waals surface area contributed by atoms with Crippen LogP contribution < -0.4 is 20.3 Å². The Morgan fingerprint density at radius 2 is 1.97 bits per heavy atom. The van der Waals surface area contributed by atoms with Crippen molar-refractivity contribution in [3.05, 3.63) is 63.7 Å². The average Bonchev–Trinajstić information content (AvgIpc) is 3.18. The molecule has 1 aromatic heterocycles. The summed E-state index contributed by atoms with van der Waals surface area (Å²) in [6, 6.07) is 10.1. The Hall–Kier alpha value is -3.88. The summed E-state index contributed by atoms with van der Waals surface area (Å²) in [5.41, 5.74) is 1.46. The lowest BCUT2D eigenvalue weighted by molar-refractivity contribution is -0.129. The number of nitrogens with one attached hydrogen (secondary N) is 1. The molecule has 1 amide bonds. The largest absolute Gasteiger partial charge is 0.454 e. The van der Waals surface area contributed by atoms with E-state index in [-0.39, 0.29) is 24.5 Å². The molecule has 5 rings (SSSR count). The van der Waals surface area contributed by atoms with Crippen LogP contribution in [0.2, 0.25) is 0 Å². The molecule has 0 aliphatic carbocycles. The van der Waals surface area contributed by atoms with Crippen molar-refractivity contribution in [1.82, 2.24) is 14.9 Å². The number of nitrogens with zero attached hydrogens (tertiary/aromatic N) is 2. The number of rotatable bonds is 5. The van der Waals surface area contributed by atoms with Gasteiger partial charge in [0.2, 0.25) is 6.79 Å². The van der Waals surface area contributed by atoms with Gasteiger partial charge in [0.25, 0.3) is 11.5 Å². The number of aromatic nitrogens is 2. The predicted molar refractivity (Wildman–Crippen MR) is 123 cm³/mol. The summed E-state index contributed by atoms with van der Waals surface area (Å²) < 4.78 is 17.7. The molecule has 0 unspecified atom stereocenters. The highest BCUT2D eigenvalue weighted by Crippen LogP contribution is 2.32. The van der Waals surface area contributed by atoms with Crippen LogP contribution in [0.25, 0.3) is 10.9 Å². The van der Waals surface area contributed by atoms with Gasteiger partial charge in [0, 0.05) is 19.5 Å². The first-order valence-electron chi connectivity index (χ1n) is 11.4. The number of aryl methyl sites for hydroxylation is 1.